The van der Waals surface area contributed by atoms with E-state index in [1.54, 1.807) is 0 Å². The highest BCUT2D eigenvalue weighted by molar-refractivity contribution is 5.27. The van der Waals surface area contributed by atoms with Gasteiger partial charge in [0, 0.05) is 13.2 Å². The Kier molecular flexibility index (Phi) is 4.98. The summed E-state index contributed by atoms with van der Waals surface area (Å²) < 4.78 is 7.86. The minimum absolute atomic E-state index is 0.177. The standard InChI is InChI=1S/C15H20N2O2/c1-2-8-17-12-16-10-14(17)11-19-15-5-3-13(4-6-15)7-9-18/h3-6,10,12,18H,2,7-9,11H2,1H3. The maximum atomic E-state index is 8.86. The van der Waals surface area contributed by atoms with Crippen LogP contribution in [0.25, 0.3) is 0 Å². The zero-order valence-corrected chi connectivity index (χ0v) is 11.2. The molecule has 0 saturated heterocycles. The van der Waals surface area contributed by atoms with Crippen LogP contribution in [0, 0.1) is 0 Å². The first-order valence-corrected chi connectivity index (χ1v) is 6.65. The largest absolute Gasteiger partial charge is 0.487 e. The van der Waals surface area contributed by atoms with Crippen LogP contribution in [0.2, 0.25) is 0 Å². The predicted molar refractivity (Wildman–Crippen MR) is 74.1 cm³/mol. The van der Waals surface area contributed by atoms with Crippen molar-refractivity contribution in [1.29, 1.82) is 0 Å². The molecule has 0 bridgehead atoms. The lowest BCUT2D eigenvalue weighted by atomic mass is 10.1. The Balaban J connectivity index is 1.92. The first-order valence-electron chi connectivity index (χ1n) is 6.65. The van der Waals surface area contributed by atoms with Gasteiger partial charge in [0.15, 0.2) is 0 Å². The van der Waals surface area contributed by atoms with Gasteiger partial charge in [-0.1, -0.05) is 19.1 Å². The van der Waals surface area contributed by atoms with Gasteiger partial charge in [-0.3, -0.25) is 0 Å². The third-order valence-corrected chi connectivity index (χ3v) is 2.97. The minimum atomic E-state index is 0.177. The second-order valence-electron chi connectivity index (χ2n) is 4.48. The Morgan fingerprint density at radius 1 is 1.26 bits per heavy atom. The first-order chi connectivity index (χ1) is 9.33. The number of nitrogens with zero attached hydrogens (tertiary/aromatic N) is 2. The third kappa shape index (κ3) is 3.83. The van der Waals surface area contributed by atoms with Crippen molar-refractivity contribution in [2.45, 2.75) is 32.9 Å². The van der Waals surface area contributed by atoms with Crippen molar-refractivity contribution >= 4 is 0 Å². The molecule has 0 amide bonds. The highest BCUT2D eigenvalue weighted by Crippen LogP contribution is 2.14. The summed E-state index contributed by atoms with van der Waals surface area (Å²) in [6.45, 7) is 3.81. The molecular formula is C15H20N2O2. The topological polar surface area (TPSA) is 47.3 Å². The second kappa shape index (κ2) is 6.95. The molecule has 1 heterocycles. The summed E-state index contributed by atoms with van der Waals surface area (Å²) in [5, 5.41) is 8.86. The molecule has 102 valence electrons. The summed E-state index contributed by atoms with van der Waals surface area (Å²) in [6, 6.07) is 7.83. The molecule has 1 N–H and O–H groups in total. The van der Waals surface area contributed by atoms with Crippen LogP contribution in [0.1, 0.15) is 24.6 Å². The average molecular weight is 260 g/mol. The van der Waals surface area contributed by atoms with E-state index in [0.717, 1.165) is 30.0 Å². The number of hydrogen-bond donors (Lipinski definition) is 1. The number of aromatic nitrogens is 2. The van der Waals surface area contributed by atoms with Crippen molar-refractivity contribution in [3.05, 3.63) is 48.0 Å². The van der Waals surface area contributed by atoms with Gasteiger partial charge < -0.3 is 14.4 Å². The number of imidazole rings is 1. The molecule has 0 spiro atoms. The molecule has 0 fully saturated rings. The van der Waals surface area contributed by atoms with E-state index in [9.17, 15) is 0 Å². The summed E-state index contributed by atoms with van der Waals surface area (Å²) in [7, 11) is 0. The fraction of sp³-hybridized carbons (Fsp3) is 0.400. The van der Waals surface area contributed by atoms with Crippen molar-refractivity contribution in [2.75, 3.05) is 6.61 Å². The summed E-state index contributed by atoms with van der Waals surface area (Å²) in [4.78, 5) is 4.15. The van der Waals surface area contributed by atoms with Gasteiger partial charge in [-0.15, -0.1) is 0 Å². The summed E-state index contributed by atoms with van der Waals surface area (Å²) in [6.07, 6.45) is 5.45. The Bertz CT molecular complexity index is 491. The summed E-state index contributed by atoms with van der Waals surface area (Å²) in [5.41, 5.74) is 2.20. The van der Waals surface area contributed by atoms with Gasteiger partial charge >= 0.3 is 0 Å². The van der Waals surface area contributed by atoms with E-state index in [0.29, 0.717) is 13.0 Å². The molecule has 0 aliphatic rings. The number of benzene rings is 1. The molecule has 0 atom stereocenters. The van der Waals surface area contributed by atoms with E-state index in [1.165, 1.54) is 0 Å². The quantitative estimate of drug-likeness (QED) is 0.831. The van der Waals surface area contributed by atoms with Gasteiger partial charge in [0.1, 0.15) is 12.4 Å². The smallest absolute Gasteiger partial charge is 0.130 e. The zero-order valence-electron chi connectivity index (χ0n) is 11.2. The van der Waals surface area contributed by atoms with E-state index in [1.807, 2.05) is 36.8 Å². The minimum Gasteiger partial charge on any atom is -0.487 e. The number of rotatable bonds is 7. The van der Waals surface area contributed by atoms with E-state index in [4.69, 9.17) is 9.84 Å². The van der Waals surface area contributed by atoms with Gasteiger partial charge in [0.2, 0.25) is 0 Å². The number of aryl methyl sites for hydroxylation is 1. The number of hydrogen-bond acceptors (Lipinski definition) is 3. The second-order valence-corrected chi connectivity index (χ2v) is 4.48. The van der Waals surface area contributed by atoms with Crippen LogP contribution < -0.4 is 4.74 Å². The van der Waals surface area contributed by atoms with Gasteiger partial charge in [-0.2, -0.15) is 0 Å². The molecule has 0 saturated carbocycles. The lowest BCUT2D eigenvalue weighted by Gasteiger charge is -2.09. The Hall–Kier alpha value is -1.81. The third-order valence-electron chi connectivity index (χ3n) is 2.97. The molecule has 0 aliphatic heterocycles. The fourth-order valence-corrected chi connectivity index (χ4v) is 1.95. The molecule has 0 radical (unpaired) electrons. The Morgan fingerprint density at radius 3 is 2.74 bits per heavy atom. The van der Waals surface area contributed by atoms with Gasteiger partial charge in [0.05, 0.1) is 18.2 Å². The van der Waals surface area contributed by atoms with E-state index in [2.05, 4.69) is 16.5 Å². The molecule has 19 heavy (non-hydrogen) atoms. The lowest BCUT2D eigenvalue weighted by molar-refractivity contribution is 0.293. The van der Waals surface area contributed by atoms with Gasteiger partial charge in [-0.25, -0.2) is 4.98 Å². The lowest BCUT2D eigenvalue weighted by Crippen LogP contribution is -2.05. The maximum absolute atomic E-state index is 8.86. The van der Waals surface area contributed by atoms with Gasteiger partial charge in [0.25, 0.3) is 0 Å². The number of aliphatic hydroxyl groups is 1. The molecule has 0 unspecified atom stereocenters. The van der Waals surface area contributed by atoms with Crippen LogP contribution >= 0.6 is 0 Å². The molecule has 2 rings (SSSR count). The van der Waals surface area contributed by atoms with Crippen LogP contribution in [0.4, 0.5) is 0 Å². The van der Waals surface area contributed by atoms with Crippen LogP contribution in [-0.2, 0) is 19.6 Å². The number of ether oxygens (including phenoxy) is 1. The number of aliphatic hydroxyl groups excluding tert-OH is 1. The van der Waals surface area contributed by atoms with Crippen LogP contribution in [-0.4, -0.2) is 21.3 Å². The van der Waals surface area contributed by atoms with Gasteiger partial charge in [-0.05, 0) is 30.5 Å². The molecule has 4 heteroatoms. The van der Waals surface area contributed by atoms with Crippen molar-refractivity contribution in [3.63, 3.8) is 0 Å². The summed E-state index contributed by atoms with van der Waals surface area (Å²) >= 11 is 0. The SMILES string of the molecule is CCCn1cncc1COc1ccc(CCO)cc1. The monoisotopic (exact) mass is 260 g/mol. The highest BCUT2D eigenvalue weighted by Gasteiger charge is 2.02. The molecule has 1 aromatic heterocycles. The Morgan fingerprint density at radius 2 is 2.05 bits per heavy atom. The fourth-order valence-electron chi connectivity index (χ4n) is 1.95. The maximum Gasteiger partial charge on any atom is 0.130 e. The summed E-state index contributed by atoms with van der Waals surface area (Å²) in [5.74, 6) is 0.839. The molecule has 4 nitrogen and oxygen atoms in total. The molecule has 0 aliphatic carbocycles. The molecular weight excluding hydrogens is 240 g/mol. The first kappa shape index (κ1) is 13.6. The highest BCUT2D eigenvalue weighted by atomic mass is 16.5. The van der Waals surface area contributed by atoms with Crippen molar-refractivity contribution < 1.29 is 9.84 Å². The van der Waals surface area contributed by atoms with Crippen molar-refractivity contribution in [2.24, 2.45) is 0 Å². The van der Waals surface area contributed by atoms with E-state index in [-0.39, 0.29) is 6.61 Å². The molecule has 2 aromatic rings. The zero-order chi connectivity index (χ0) is 13.5. The van der Waals surface area contributed by atoms with Crippen molar-refractivity contribution in [1.82, 2.24) is 9.55 Å². The van der Waals surface area contributed by atoms with Crippen LogP contribution in [0.15, 0.2) is 36.8 Å². The van der Waals surface area contributed by atoms with Crippen LogP contribution in [0.3, 0.4) is 0 Å². The van der Waals surface area contributed by atoms with Crippen LogP contribution in [0.5, 0.6) is 5.75 Å². The average Bonchev–Trinajstić information content (AvgIpc) is 2.86. The Labute approximate surface area is 113 Å². The van der Waals surface area contributed by atoms with E-state index < -0.39 is 0 Å². The molecule has 1 aromatic carbocycles. The normalized spacial score (nSPS) is 10.6. The van der Waals surface area contributed by atoms with E-state index >= 15 is 0 Å². The predicted octanol–water partition coefficient (Wildman–Crippen LogP) is 2.41. The van der Waals surface area contributed by atoms with Crippen molar-refractivity contribution in [3.8, 4) is 5.75 Å².